The van der Waals surface area contributed by atoms with Gasteiger partial charge in [-0.2, -0.15) is 0 Å². The first kappa shape index (κ1) is 10.4. The minimum atomic E-state index is 1.33. The molecule has 66 valence electrons. The van der Waals surface area contributed by atoms with Crippen LogP contribution in [0.2, 0.25) is 0 Å². The zero-order chi connectivity index (χ0) is 9.42. The van der Waals surface area contributed by atoms with Gasteiger partial charge < -0.3 is 0 Å². The lowest BCUT2D eigenvalue weighted by Crippen LogP contribution is -1.85. The molecule has 0 spiro atoms. The average molecular weight is 506 g/mol. The fourth-order valence-corrected chi connectivity index (χ4v) is 3.80. The molecule has 0 aliphatic heterocycles. The smallest absolute Gasteiger partial charge is 0.0352 e. The molecule has 3 heteroatoms. The fraction of sp³-hybridized carbons (Fsp3) is 0. The summed E-state index contributed by atoms with van der Waals surface area (Å²) in [4.78, 5) is 0. The molecule has 0 aliphatic rings. The first-order valence-electron chi connectivity index (χ1n) is 3.72. The summed E-state index contributed by atoms with van der Waals surface area (Å²) in [6.45, 7) is 0. The molecule has 2 aromatic carbocycles. The first-order chi connectivity index (χ1) is 6.20. The molecule has 2 rings (SSSR count). The second kappa shape index (κ2) is 4.18. The maximum Gasteiger partial charge on any atom is 0.0352 e. The Kier molecular flexibility index (Phi) is 3.34. The van der Waals surface area contributed by atoms with Crippen molar-refractivity contribution in [1.82, 2.24) is 0 Å². The molecule has 0 heterocycles. The molecule has 0 nitrogen and oxygen atoms in total. The van der Waals surface area contributed by atoms with E-state index in [1.165, 1.54) is 21.5 Å². The van der Waals surface area contributed by atoms with Gasteiger partial charge in [0.05, 0.1) is 0 Å². The van der Waals surface area contributed by atoms with Crippen LogP contribution in [-0.2, 0) is 0 Å². The standard InChI is InChI=1S/C10H5I3/c11-7-3-1-2-6-4-5-8(12)10(13)9(6)7/h1-5H. The van der Waals surface area contributed by atoms with Gasteiger partial charge in [0.1, 0.15) is 0 Å². The van der Waals surface area contributed by atoms with Crippen LogP contribution in [0.3, 0.4) is 0 Å². The van der Waals surface area contributed by atoms with Crippen molar-refractivity contribution in [3.8, 4) is 0 Å². The molecule has 13 heavy (non-hydrogen) atoms. The number of hydrogen-bond donors (Lipinski definition) is 0. The lowest BCUT2D eigenvalue weighted by molar-refractivity contribution is 1.62. The molecule has 0 aliphatic carbocycles. The number of fused-ring (bicyclic) bond motifs is 1. The molecule has 0 saturated carbocycles. The molecule has 2 aromatic rings. The highest BCUT2D eigenvalue weighted by molar-refractivity contribution is 14.1. The Balaban J connectivity index is 2.97. The molecule has 0 bridgehead atoms. The molecule has 0 atom stereocenters. The van der Waals surface area contributed by atoms with Gasteiger partial charge in [0.15, 0.2) is 0 Å². The van der Waals surface area contributed by atoms with Crippen molar-refractivity contribution in [1.29, 1.82) is 0 Å². The summed E-state index contributed by atoms with van der Waals surface area (Å²) in [5.74, 6) is 0. The molecule has 0 fully saturated rings. The quantitative estimate of drug-likeness (QED) is 0.457. The van der Waals surface area contributed by atoms with Gasteiger partial charge in [0.2, 0.25) is 0 Å². The Hall–Kier alpha value is 0.890. The molecule has 0 amide bonds. The van der Waals surface area contributed by atoms with Crippen LogP contribution in [0.1, 0.15) is 0 Å². The lowest BCUT2D eigenvalue weighted by Gasteiger charge is -2.04. The number of halogens is 3. The average Bonchev–Trinajstić information content (AvgIpc) is 2.12. The summed E-state index contributed by atoms with van der Waals surface area (Å²) in [5, 5.41) is 2.72. The third kappa shape index (κ3) is 1.97. The van der Waals surface area contributed by atoms with Crippen LogP contribution in [0.4, 0.5) is 0 Å². The Morgan fingerprint density at radius 3 is 2.31 bits per heavy atom. The van der Waals surface area contributed by atoms with E-state index >= 15 is 0 Å². The highest BCUT2D eigenvalue weighted by Crippen LogP contribution is 2.28. The Bertz CT molecular complexity index is 463. The van der Waals surface area contributed by atoms with Crippen LogP contribution in [0.25, 0.3) is 10.8 Å². The largest absolute Gasteiger partial charge is 0.0606 e. The second-order valence-electron chi connectivity index (χ2n) is 2.70. The van der Waals surface area contributed by atoms with Crippen LogP contribution in [0.5, 0.6) is 0 Å². The van der Waals surface area contributed by atoms with Gasteiger partial charge in [0.25, 0.3) is 0 Å². The van der Waals surface area contributed by atoms with E-state index in [0.717, 1.165) is 0 Å². The predicted octanol–water partition coefficient (Wildman–Crippen LogP) is 4.65. The van der Waals surface area contributed by atoms with E-state index in [9.17, 15) is 0 Å². The summed E-state index contributed by atoms with van der Waals surface area (Å²) in [6, 6.07) is 10.8. The summed E-state index contributed by atoms with van der Waals surface area (Å²) in [7, 11) is 0. The molecule has 0 N–H and O–H groups in total. The Morgan fingerprint density at radius 2 is 1.54 bits per heavy atom. The Morgan fingerprint density at radius 1 is 0.769 bits per heavy atom. The van der Waals surface area contributed by atoms with Crippen LogP contribution in [0, 0.1) is 10.7 Å². The SMILES string of the molecule is Ic1ccc2cccc(I)c2c1I. The Labute approximate surface area is 118 Å². The molecule has 0 aromatic heterocycles. The van der Waals surface area contributed by atoms with Gasteiger partial charge in [-0.15, -0.1) is 0 Å². The zero-order valence-electron chi connectivity index (χ0n) is 6.52. The number of benzene rings is 2. The summed E-state index contributed by atoms with van der Waals surface area (Å²) >= 11 is 7.19. The highest BCUT2D eigenvalue weighted by Gasteiger charge is 2.04. The van der Waals surface area contributed by atoms with Gasteiger partial charge in [-0.3, -0.25) is 0 Å². The molecular formula is C10H5I3. The van der Waals surface area contributed by atoms with Gasteiger partial charge >= 0.3 is 0 Å². The van der Waals surface area contributed by atoms with Crippen LogP contribution in [0.15, 0.2) is 30.3 Å². The van der Waals surface area contributed by atoms with Gasteiger partial charge in [0, 0.05) is 16.1 Å². The zero-order valence-corrected chi connectivity index (χ0v) is 13.0. The minimum absolute atomic E-state index is 1.33. The topological polar surface area (TPSA) is 0 Å². The van der Waals surface area contributed by atoms with E-state index in [-0.39, 0.29) is 0 Å². The van der Waals surface area contributed by atoms with Gasteiger partial charge in [-0.25, -0.2) is 0 Å². The van der Waals surface area contributed by atoms with E-state index in [1.54, 1.807) is 0 Å². The van der Waals surface area contributed by atoms with Crippen molar-refractivity contribution in [3.05, 3.63) is 41.0 Å². The lowest BCUT2D eigenvalue weighted by atomic mass is 10.1. The van der Waals surface area contributed by atoms with Crippen molar-refractivity contribution in [3.63, 3.8) is 0 Å². The molecular weight excluding hydrogens is 501 g/mol. The van der Waals surface area contributed by atoms with Gasteiger partial charge in [-0.1, -0.05) is 18.2 Å². The van der Waals surface area contributed by atoms with E-state index in [1.807, 2.05) is 0 Å². The third-order valence-corrected chi connectivity index (χ3v) is 5.83. The summed E-state index contributed by atoms with van der Waals surface area (Å²) < 4.78 is 4.02. The van der Waals surface area contributed by atoms with E-state index in [0.29, 0.717) is 0 Å². The predicted molar refractivity (Wildman–Crippen MR) is 82.1 cm³/mol. The van der Waals surface area contributed by atoms with Crippen LogP contribution >= 0.6 is 67.8 Å². The molecule has 0 unspecified atom stereocenters. The fourth-order valence-electron chi connectivity index (χ4n) is 1.27. The normalized spacial score (nSPS) is 10.7. The number of rotatable bonds is 0. The third-order valence-electron chi connectivity index (χ3n) is 1.88. The van der Waals surface area contributed by atoms with Crippen molar-refractivity contribution in [2.24, 2.45) is 0 Å². The van der Waals surface area contributed by atoms with Crippen molar-refractivity contribution < 1.29 is 0 Å². The van der Waals surface area contributed by atoms with E-state index in [2.05, 4.69) is 98.1 Å². The first-order valence-corrected chi connectivity index (χ1v) is 6.96. The monoisotopic (exact) mass is 506 g/mol. The van der Waals surface area contributed by atoms with Gasteiger partial charge in [-0.05, 0) is 85.3 Å². The van der Waals surface area contributed by atoms with Crippen LogP contribution in [-0.4, -0.2) is 0 Å². The van der Waals surface area contributed by atoms with Crippen molar-refractivity contribution >= 4 is 78.5 Å². The highest BCUT2D eigenvalue weighted by atomic mass is 127. The van der Waals surface area contributed by atoms with Crippen molar-refractivity contribution in [2.75, 3.05) is 0 Å². The summed E-state index contributed by atoms with van der Waals surface area (Å²) in [5.41, 5.74) is 0. The van der Waals surface area contributed by atoms with Crippen molar-refractivity contribution in [2.45, 2.75) is 0 Å². The maximum absolute atomic E-state index is 2.42. The maximum atomic E-state index is 2.42. The van der Waals surface area contributed by atoms with E-state index in [4.69, 9.17) is 0 Å². The number of hydrogen-bond acceptors (Lipinski definition) is 0. The minimum Gasteiger partial charge on any atom is -0.0606 e. The summed E-state index contributed by atoms with van der Waals surface area (Å²) in [6.07, 6.45) is 0. The molecule has 0 saturated heterocycles. The van der Waals surface area contributed by atoms with E-state index < -0.39 is 0 Å². The second-order valence-corrected chi connectivity index (χ2v) is 6.10. The van der Waals surface area contributed by atoms with Crippen LogP contribution < -0.4 is 0 Å². The molecule has 0 radical (unpaired) electrons.